The van der Waals surface area contributed by atoms with Gasteiger partial charge in [-0.15, -0.1) is 0 Å². The Labute approximate surface area is 125 Å². The summed E-state index contributed by atoms with van der Waals surface area (Å²) in [6, 6.07) is 7.14. The van der Waals surface area contributed by atoms with Crippen molar-refractivity contribution in [3.63, 3.8) is 0 Å². The monoisotopic (exact) mass is 293 g/mol. The summed E-state index contributed by atoms with van der Waals surface area (Å²) in [5.41, 5.74) is 6.02. The molecule has 2 amide bonds. The number of carbonyl (C=O) groups is 2. The van der Waals surface area contributed by atoms with Crippen molar-refractivity contribution in [2.75, 3.05) is 32.1 Å². The third-order valence-corrected chi connectivity index (χ3v) is 2.89. The molecular formula is C15H23N3O3. The van der Waals surface area contributed by atoms with Crippen molar-refractivity contribution in [1.29, 1.82) is 0 Å². The van der Waals surface area contributed by atoms with E-state index in [1.54, 1.807) is 24.1 Å². The van der Waals surface area contributed by atoms with Gasteiger partial charge in [-0.05, 0) is 25.1 Å². The minimum atomic E-state index is -0.163. The maximum Gasteiger partial charge on any atom is 0.225 e. The third kappa shape index (κ3) is 6.27. The number of hydrogen-bond donors (Lipinski definition) is 2. The molecular weight excluding hydrogens is 270 g/mol. The molecule has 0 radical (unpaired) electrons. The molecule has 0 saturated heterocycles. The van der Waals surface area contributed by atoms with Gasteiger partial charge in [0, 0.05) is 20.5 Å². The van der Waals surface area contributed by atoms with Crippen LogP contribution in [-0.4, -0.2) is 43.5 Å². The molecule has 0 aliphatic heterocycles. The summed E-state index contributed by atoms with van der Waals surface area (Å²) in [5.74, 6) is 0.411. The molecule has 0 aromatic heterocycles. The molecule has 0 fully saturated rings. The molecule has 0 aliphatic rings. The fraction of sp³-hybridized carbons (Fsp3) is 0.467. The fourth-order valence-electron chi connectivity index (χ4n) is 1.78. The summed E-state index contributed by atoms with van der Waals surface area (Å²) >= 11 is 0. The Morgan fingerprint density at radius 2 is 2.05 bits per heavy atom. The Hall–Kier alpha value is -2.08. The number of nitrogens with two attached hydrogens (primary N) is 1. The van der Waals surface area contributed by atoms with Gasteiger partial charge < -0.3 is 20.7 Å². The summed E-state index contributed by atoms with van der Waals surface area (Å²) < 4.78 is 5.58. The highest BCUT2D eigenvalue weighted by Crippen LogP contribution is 2.23. The van der Waals surface area contributed by atoms with Crippen molar-refractivity contribution in [3.05, 3.63) is 24.3 Å². The van der Waals surface area contributed by atoms with Gasteiger partial charge in [-0.3, -0.25) is 9.59 Å². The number of hydrogen-bond acceptors (Lipinski definition) is 4. The van der Waals surface area contributed by atoms with Crippen LogP contribution in [0.2, 0.25) is 0 Å². The van der Waals surface area contributed by atoms with Crippen molar-refractivity contribution >= 4 is 17.5 Å². The third-order valence-electron chi connectivity index (χ3n) is 2.89. The van der Waals surface area contributed by atoms with Crippen LogP contribution in [0, 0.1) is 0 Å². The second-order valence-corrected chi connectivity index (χ2v) is 4.73. The van der Waals surface area contributed by atoms with E-state index < -0.39 is 0 Å². The molecule has 0 aliphatic carbocycles. The van der Waals surface area contributed by atoms with Crippen molar-refractivity contribution in [3.8, 4) is 5.75 Å². The average molecular weight is 293 g/mol. The second-order valence-electron chi connectivity index (χ2n) is 4.73. The number of carbonyl (C=O) groups excluding carboxylic acids is 2. The molecule has 0 saturated carbocycles. The van der Waals surface area contributed by atoms with E-state index >= 15 is 0 Å². The van der Waals surface area contributed by atoms with E-state index in [-0.39, 0.29) is 24.8 Å². The quantitative estimate of drug-likeness (QED) is 0.755. The van der Waals surface area contributed by atoms with Crippen LogP contribution in [0.5, 0.6) is 5.75 Å². The Balaban J connectivity index is 2.45. The van der Waals surface area contributed by atoms with Gasteiger partial charge >= 0.3 is 0 Å². The molecule has 1 aromatic rings. The number of amides is 2. The number of benzene rings is 1. The first kappa shape index (κ1) is 17.0. The summed E-state index contributed by atoms with van der Waals surface area (Å²) in [6.45, 7) is 2.92. The SMILES string of the molecule is CC(=O)Nc1ccccc1OCCC(=O)N(C)CCCN. The normalized spacial score (nSPS) is 10.0. The summed E-state index contributed by atoms with van der Waals surface area (Å²) in [7, 11) is 1.75. The number of nitrogens with one attached hydrogen (secondary N) is 1. The van der Waals surface area contributed by atoms with Crippen LogP contribution in [0.4, 0.5) is 5.69 Å². The molecule has 0 bridgehead atoms. The highest BCUT2D eigenvalue weighted by atomic mass is 16.5. The molecule has 6 heteroatoms. The number of rotatable bonds is 8. The van der Waals surface area contributed by atoms with Crippen molar-refractivity contribution in [1.82, 2.24) is 4.90 Å². The molecule has 1 aromatic carbocycles. The Morgan fingerprint density at radius 1 is 1.33 bits per heavy atom. The van der Waals surface area contributed by atoms with Crippen molar-refractivity contribution in [2.45, 2.75) is 19.8 Å². The van der Waals surface area contributed by atoms with Crippen LogP contribution >= 0.6 is 0 Å². The zero-order chi connectivity index (χ0) is 15.7. The molecule has 0 atom stereocenters. The molecule has 6 nitrogen and oxygen atoms in total. The van der Waals surface area contributed by atoms with E-state index in [1.807, 2.05) is 12.1 Å². The van der Waals surface area contributed by atoms with Crippen molar-refractivity contribution in [2.24, 2.45) is 5.73 Å². The van der Waals surface area contributed by atoms with Crippen LogP contribution in [0.1, 0.15) is 19.8 Å². The molecule has 0 heterocycles. The van der Waals surface area contributed by atoms with Crippen molar-refractivity contribution < 1.29 is 14.3 Å². The standard InChI is InChI=1S/C15H23N3O3/c1-12(19)17-13-6-3-4-7-14(13)21-11-8-15(20)18(2)10-5-9-16/h3-4,6-7H,5,8-11,16H2,1-2H3,(H,17,19). The highest BCUT2D eigenvalue weighted by molar-refractivity contribution is 5.90. The molecule has 1 rings (SSSR count). The molecule has 116 valence electrons. The number of para-hydroxylation sites is 2. The number of ether oxygens (including phenoxy) is 1. The molecule has 0 unspecified atom stereocenters. The first-order valence-electron chi connectivity index (χ1n) is 6.98. The highest BCUT2D eigenvalue weighted by Gasteiger charge is 2.09. The second kappa shape index (κ2) is 8.97. The fourth-order valence-corrected chi connectivity index (χ4v) is 1.78. The topological polar surface area (TPSA) is 84.7 Å². The summed E-state index contributed by atoms with van der Waals surface area (Å²) in [4.78, 5) is 24.6. The zero-order valence-electron chi connectivity index (χ0n) is 12.6. The minimum Gasteiger partial charge on any atom is -0.491 e. The van der Waals surface area contributed by atoms with E-state index in [1.165, 1.54) is 6.92 Å². The zero-order valence-corrected chi connectivity index (χ0v) is 12.6. The van der Waals surface area contributed by atoms with Gasteiger partial charge in [-0.25, -0.2) is 0 Å². The lowest BCUT2D eigenvalue weighted by Gasteiger charge is -2.17. The first-order valence-corrected chi connectivity index (χ1v) is 6.98. The molecule has 3 N–H and O–H groups in total. The largest absolute Gasteiger partial charge is 0.491 e. The number of anilines is 1. The lowest BCUT2D eigenvalue weighted by atomic mass is 10.3. The predicted octanol–water partition coefficient (Wildman–Crippen LogP) is 1.22. The van der Waals surface area contributed by atoms with Crippen LogP contribution < -0.4 is 15.8 Å². The smallest absolute Gasteiger partial charge is 0.225 e. The predicted molar refractivity (Wildman–Crippen MR) is 82.2 cm³/mol. The van der Waals surface area contributed by atoms with Crippen LogP contribution in [0.15, 0.2) is 24.3 Å². The minimum absolute atomic E-state index is 0.0143. The van der Waals surface area contributed by atoms with Gasteiger partial charge in [0.25, 0.3) is 0 Å². The van der Waals surface area contributed by atoms with Crippen LogP contribution in [-0.2, 0) is 9.59 Å². The lowest BCUT2D eigenvalue weighted by Crippen LogP contribution is -2.30. The van der Waals surface area contributed by atoms with E-state index in [9.17, 15) is 9.59 Å². The van der Waals surface area contributed by atoms with E-state index in [4.69, 9.17) is 10.5 Å². The van der Waals surface area contributed by atoms with Gasteiger partial charge in [-0.2, -0.15) is 0 Å². The lowest BCUT2D eigenvalue weighted by molar-refractivity contribution is -0.130. The van der Waals surface area contributed by atoms with E-state index in [0.717, 1.165) is 6.42 Å². The Kier molecular flexibility index (Phi) is 7.25. The van der Waals surface area contributed by atoms with E-state index in [2.05, 4.69) is 5.32 Å². The van der Waals surface area contributed by atoms with Gasteiger partial charge in [0.15, 0.2) is 0 Å². The van der Waals surface area contributed by atoms with Gasteiger partial charge in [0.1, 0.15) is 5.75 Å². The maximum atomic E-state index is 11.8. The Bertz CT molecular complexity index is 477. The Morgan fingerprint density at radius 3 is 2.71 bits per heavy atom. The van der Waals surface area contributed by atoms with Crippen LogP contribution in [0.3, 0.4) is 0 Å². The van der Waals surface area contributed by atoms with Crippen LogP contribution in [0.25, 0.3) is 0 Å². The molecule has 21 heavy (non-hydrogen) atoms. The summed E-state index contributed by atoms with van der Waals surface area (Å²) in [5, 5.41) is 2.69. The average Bonchev–Trinajstić information content (AvgIpc) is 2.45. The number of nitrogens with zero attached hydrogens (tertiary/aromatic N) is 1. The maximum absolute atomic E-state index is 11.8. The van der Waals surface area contributed by atoms with Gasteiger partial charge in [0.05, 0.1) is 18.7 Å². The van der Waals surface area contributed by atoms with Gasteiger partial charge in [0.2, 0.25) is 11.8 Å². The molecule has 0 spiro atoms. The summed E-state index contributed by atoms with van der Waals surface area (Å²) in [6.07, 6.45) is 1.07. The first-order chi connectivity index (χ1) is 10.0. The van der Waals surface area contributed by atoms with E-state index in [0.29, 0.717) is 24.5 Å². The van der Waals surface area contributed by atoms with Gasteiger partial charge in [-0.1, -0.05) is 12.1 Å².